The van der Waals surface area contributed by atoms with Crippen LogP contribution in [0.1, 0.15) is 11.1 Å². The van der Waals surface area contributed by atoms with Crippen LogP contribution < -0.4 is 5.32 Å². The third-order valence-corrected chi connectivity index (χ3v) is 3.70. The van der Waals surface area contributed by atoms with E-state index in [2.05, 4.69) is 20.5 Å². The van der Waals surface area contributed by atoms with Gasteiger partial charge in [0.15, 0.2) is 0 Å². The summed E-state index contributed by atoms with van der Waals surface area (Å²) in [6.45, 7) is 0.590. The van der Waals surface area contributed by atoms with Crippen LogP contribution in [0.2, 0.25) is 10.0 Å². The lowest BCUT2D eigenvalue weighted by Gasteiger charge is -2.06. The first-order valence-electron chi connectivity index (χ1n) is 7.59. The van der Waals surface area contributed by atoms with E-state index in [4.69, 9.17) is 23.2 Å². The zero-order valence-electron chi connectivity index (χ0n) is 14.0. The van der Waals surface area contributed by atoms with Crippen molar-refractivity contribution in [3.8, 4) is 0 Å². The van der Waals surface area contributed by atoms with Gasteiger partial charge in [0.1, 0.15) is 0 Å². The van der Waals surface area contributed by atoms with Crippen molar-refractivity contribution in [2.45, 2.75) is 6.54 Å². The minimum Gasteiger partial charge on any atom is -0.369 e. The molecule has 0 aromatic heterocycles. The normalized spacial score (nSPS) is 12.1. The molecule has 7 heteroatoms. The molecule has 2 rings (SSSR count). The van der Waals surface area contributed by atoms with Crippen molar-refractivity contribution >= 4 is 41.7 Å². The van der Waals surface area contributed by atoms with Crippen molar-refractivity contribution in [3.63, 3.8) is 0 Å². The number of rotatable bonds is 5. The molecule has 0 aliphatic carbocycles. The molecule has 1 N–H and O–H groups in total. The highest BCUT2D eigenvalue weighted by Crippen LogP contribution is 2.22. The second-order valence-electron chi connectivity index (χ2n) is 5.35. The second kappa shape index (κ2) is 9.81. The molecule has 2 aromatic carbocycles. The number of guanidine groups is 1. The molecule has 0 spiro atoms. The third-order valence-electron chi connectivity index (χ3n) is 3.04. The van der Waals surface area contributed by atoms with Gasteiger partial charge in [-0.15, -0.1) is 5.10 Å². The molecule has 0 aliphatic heterocycles. The van der Waals surface area contributed by atoms with E-state index in [0.717, 1.165) is 5.56 Å². The number of hydrogen-bond acceptors (Lipinski definition) is 2. The average molecular weight is 376 g/mol. The topological polar surface area (TPSA) is 52.4 Å². The maximum Gasteiger partial charge on any atom is 0.244 e. The summed E-state index contributed by atoms with van der Waals surface area (Å²) in [5.74, 6) is 0.386. The summed E-state index contributed by atoms with van der Waals surface area (Å²) < 4.78 is 0. The van der Waals surface area contributed by atoms with Crippen LogP contribution in [0.3, 0.4) is 0 Å². The van der Waals surface area contributed by atoms with E-state index >= 15 is 0 Å². The molecular weight excluding hydrogens is 357 g/mol. The van der Waals surface area contributed by atoms with Crippen molar-refractivity contribution in [1.29, 1.82) is 0 Å². The zero-order chi connectivity index (χ0) is 18.1. The zero-order valence-corrected chi connectivity index (χ0v) is 15.5. The summed E-state index contributed by atoms with van der Waals surface area (Å²) in [7, 11) is 3.76. The summed E-state index contributed by atoms with van der Waals surface area (Å²) in [5, 5.41) is 12.4. The molecule has 2 aromatic rings. The molecule has 25 heavy (non-hydrogen) atoms. The molecule has 0 heterocycles. The molecule has 130 valence electrons. The van der Waals surface area contributed by atoms with E-state index in [0.29, 0.717) is 28.1 Å². The highest BCUT2D eigenvalue weighted by Gasteiger charge is 2.02. The highest BCUT2D eigenvalue weighted by molar-refractivity contribution is 6.38. The van der Waals surface area contributed by atoms with Gasteiger partial charge >= 0.3 is 0 Å². The Morgan fingerprint density at radius 3 is 2.36 bits per heavy atom. The molecule has 0 bridgehead atoms. The Bertz CT molecular complexity index is 750. The first kappa shape index (κ1) is 19.0. The number of halogens is 2. The first-order chi connectivity index (χ1) is 12.1. The number of aliphatic imine (C=N–C) groups is 1. The summed E-state index contributed by atoms with van der Waals surface area (Å²) in [6.07, 6.45) is 3.16. The SMILES string of the molecule is CN(C)C=NC(=NN=Cc1c(Cl)cccc1Cl)NCc1ccccc1. The van der Waals surface area contributed by atoms with Crippen LogP contribution in [0, 0.1) is 0 Å². The maximum atomic E-state index is 6.11. The monoisotopic (exact) mass is 375 g/mol. The van der Waals surface area contributed by atoms with E-state index in [-0.39, 0.29) is 0 Å². The Morgan fingerprint density at radius 2 is 1.72 bits per heavy atom. The van der Waals surface area contributed by atoms with Gasteiger partial charge in [-0.1, -0.05) is 59.6 Å². The minimum absolute atomic E-state index is 0.386. The fourth-order valence-corrected chi connectivity index (χ4v) is 2.32. The van der Waals surface area contributed by atoms with Crippen molar-refractivity contribution in [2.75, 3.05) is 14.1 Å². The van der Waals surface area contributed by atoms with Gasteiger partial charge in [-0.05, 0) is 17.7 Å². The predicted molar refractivity (Wildman–Crippen MR) is 107 cm³/mol. The summed E-state index contributed by atoms with van der Waals surface area (Å²) in [6, 6.07) is 15.2. The fourth-order valence-electron chi connectivity index (χ4n) is 1.83. The van der Waals surface area contributed by atoms with Crippen LogP contribution in [0.25, 0.3) is 0 Å². The standard InChI is InChI=1S/C18H19Cl2N5/c1-25(2)13-22-18(21-11-14-7-4-3-5-8-14)24-23-12-15-16(19)9-6-10-17(15)20/h3-10,12-13H,11H2,1-2H3,(H,21,24). The fraction of sp³-hybridized carbons (Fsp3) is 0.167. The van der Waals surface area contributed by atoms with Crippen molar-refractivity contribution in [1.82, 2.24) is 10.2 Å². The number of benzene rings is 2. The average Bonchev–Trinajstić information content (AvgIpc) is 2.60. The van der Waals surface area contributed by atoms with E-state index in [9.17, 15) is 0 Å². The van der Waals surface area contributed by atoms with Crippen molar-refractivity contribution < 1.29 is 0 Å². The van der Waals surface area contributed by atoms with Gasteiger partial charge in [0.2, 0.25) is 5.96 Å². The van der Waals surface area contributed by atoms with Crippen molar-refractivity contribution in [2.24, 2.45) is 15.2 Å². The Morgan fingerprint density at radius 1 is 1.04 bits per heavy atom. The van der Waals surface area contributed by atoms with Crippen LogP contribution in [0.15, 0.2) is 63.7 Å². The van der Waals surface area contributed by atoms with Gasteiger partial charge in [0, 0.05) is 26.2 Å². The maximum absolute atomic E-state index is 6.11. The molecule has 5 nitrogen and oxygen atoms in total. The number of nitrogens with one attached hydrogen (secondary N) is 1. The lowest BCUT2D eigenvalue weighted by molar-refractivity contribution is 0.643. The Labute approximate surface area is 157 Å². The summed E-state index contributed by atoms with van der Waals surface area (Å²) in [5.41, 5.74) is 1.74. The van der Waals surface area contributed by atoms with Crippen molar-refractivity contribution in [3.05, 3.63) is 69.7 Å². The van der Waals surface area contributed by atoms with Crippen LogP contribution in [0.4, 0.5) is 0 Å². The molecular formula is C18H19Cl2N5. The summed E-state index contributed by atoms with van der Waals surface area (Å²) >= 11 is 12.2. The lowest BCUT2D eigenvalue weighted by Crippen LogP contribution is -2.22. The van der Waals surface area contributed by atoms with Gasteiger partial charge in [-0.2, -0.15) is 5.10 Å². The number of nitrogens with zero attached hydrogens (tertiary/aromatic N) is 4. The lowest BCUT2D eigenvalue weighted by atomic mass is 10.2. The van der Waals surface area contributed by atoms with Gasteiger partial charge in [-0.25, -0.2) is 4.99 Å². The van der Waals surface area contributed by atoms with E-state index < -0.39 is 0 Å². The third kappa shape index (κ3) is 6.57. The largest absolute Gasteiger partial charge is 0.369 e. The smallest absolute Gasteiger partial charge is 0.244 e. The van der Waals surface area contributed by atoms with Gasteiger partial charge in [-0.3, -0.25) is 0 Å². The minimum atomic E-state index is 0.386. The van der Waals surface area contributed by atoms with E-state index in [1.807, 2.05) is 49.3 Å². The van der Waals surface area contributed by atoms with Gasteiger partial charge in [0.25, 0.3) is 0 Å². The van der Waals surface area contributed by atoms with Crippen LogP contribution in [-0.4, -0.2) is 37.5 Å². The van der Waals surface area contributed by atoms with Crippen LogP contribution >= 0.6 is 23.2 Å². The first-order valence-corrected chi connectivity index (χ1v) is 8.35. The molecule has 0 saturated carbocycles. The Balaban J connectivity index is 2.13. The predicted octanol–water partition coefficient (Wildman–Crippen LogP) is 4.06. The molecule has 0 atom stereocenters. The second-order valence-corrected chi connectivity index (χ2v) is 6.17. The van der Waals surface area contributed by atoms with E-state index in [1.54, 1.807) is 24.5 Å². The molecule has 0 fully saturated rings. The Hall–Kier alpha value is -2.37. The molecule has 0 saturated heterocycles. The molecule has 0 unspecified atom stereocenters. The highest BCUT2D eigenvalue weighted by atomic mass is 35.5. The quantitative estimate of drug-likeness (QED) is 0.486. The Kier molecular flexibility index (Phi) is 7.44. The van der Waals surface area contributed by atoms with Gasteiger partial charge < -0.3 is 10.2 Å². The summed E-state index contributed by atoms with van der Waals surface area (Å²) in [4.78, 5) is 6.09. The van der Waals surface area contributed by atoms with Crippen LogP contribution in [-0.2, 0) is 6.54 Å². The van der Waals surface area contributed by atoms with Crippen LogP contribution in [0.5, 0.6) is 0 Å². The number of hydrogen-bond donors (Lipinski definition) is 1. The molecule has 0 amide bonds. The molecule has 0 radical (unpaired) electrons. The van der Waals surface area contributed by atoms with Gasteiger partial charge in [0.05, 0.1) is 22.6 Å². The van der Waals surface area contributed by atoms with E-state index in [1.165, 1.54) is 6.21 Å². The molecule has 0 aliphatic rings.